The van der Waals surface area contributed by atoms with Gasteiger partial charge in [-0.05, 0) is 43.9 Å². The van der Waals surface area contributed by atoms with Crippen LogP contribution in [0.5, 0.6) is 0 Å². The monoisotopic (exact) mass is 460 g/mol. The molecule has 1 saturated heterocycles. The molecule has 2 N–H and O–H groups in total. The maximum absolute atomic E-state index is 12.4. The van der Waals surface area contributed by atoms with Crippen molar-refractivity contribution in [2.24, 2.45) is 11.7 Å². The van der Waals surface area contributed by atoms with Crippen molar-refractivity contribution < 1.29 is 14.3 Å². The quantitative estimate of drug-likeness (QED) is 0.515. The fourth-order valence-corrected chi connectivity index (χ4v) is 4.16. The molecule has 1 saturated carbocycles. The van der Waals surface area contributed by atoms with Crippen LogP contribution in [0.2, 0.25) is 0 Å². The highest BCUT2D eigenvalue weighted by Crippen LogP contribution is 2.32. The van der Waals surface area contributed by atoms with E-state index < -0.39 is 17.5 Å². The average Bonchev–Trinajstić information content (AvgIpc) is 2.71. The average molecular weight is 461 g/mol. The maximum atomic E-state index is 12.4. The summed E-state index contributed by atoms with van der Waals surface area (Å²) in [6, 6.07) is 4.06. The molecule has 2 heterocycles. The first-order valence-electron chi connectivity index (χ1n) is 10.4. The Bertz CT molecular complexity index is 671. The molecule has 0 aromatic carbocycles. The van der Waals surface area contributed by atoms with Gasteiger partial charge in [-0.3, -0.25) is 14.7 Å². The van der Waals surface area contributed by atoms with E-state index in [4.69, 9.17) is 10.5 Å². The summed E-state index contributed by atoms with van der Waals surface area (Å²) in [6.45, 7) is 6.63. The first-order chi connectivity index (χ1) is 13.5. The lowest BCUT2D eigenvalue weighted by molar-refractivity contribution is -0.166. The zero-order chi connectivity index (χ0) is 20.0. The SMILES string of the molecule is CC1CCCCC1(N)C(=O)OC(=O)CCCN1CCN(c2ccncc2)CC1.Cl.Cl. The van der Waals surface area contributed by atoms with Gasteiger partial charge in [-0.2, -0.15) is 0 Å². The van der Waals surface area contributed by atoms with Crippen LogP contribution in [0.15, 0.2) is 24.5 Å². The standard InChI is InChI=1S/C21H32N4O3.2ClH/c1-17-5-2-3-9-21(17,22)20(27)28-19(26)6-4-12-24-13-15-25(16-14-24)18-7-10-23-11-8-18;;/h7-8,10-11,17H,2-6,9,12-16,22H2,1H3;2*1H. The number of carbonyl (C=O) groups excluding carboxylic acids is 2. The van der Waals surface area contributed by atoms with Crippen LogP contribution in [-0.2, 0) is 14.3 Å². The van der Waals surface area contributed by atoms with E-state index in [-0.39, 0.29) is 37.2 Å². The van der Waals surface area contributed by atoms with Crippen LogP contribution >= 0.6 is 24.8 Å². The molecule has 0 amide bonds. The summed E-state index contributed by atoms with van der Waals surface area (Å²) in [5.41, 5.74) is 6.45. The van der Waals surface area contributed by atoms with E-state index >= 15 is 0 Å². The Hall–Kier alpha value is -1.41. The van der Waals surface area contributed by atoms with Crippen molar-refractivity contribution in [2.75, 3.05) is 37.6 Å². The number of hydrogen-bond acceptors (Lipinski definition) is 7. The van der Waals surface area contributed by atoms with E-state index in [0.29, 0.717) is 12.8 Å². The van der Waals surface area contributed by atoms with Gasteiger partial charge in [0.25, 0.3) is 0 Å². The number of piperazine rings is 1. The zero-order valence-electron chi connectivity index (χ0n) is 17.6. The van der Waals surface area contributed by atoms with Crippen molar-refractivity contribution in [1.82, 2.24) is 9.88 Å². The second-order valence-electron chi connectivity index (χ2n) is 8.09. The minimum absolute atomic E-state index is 0. The van der Waals surface area contributed by atoms with Crippen LogP contribution < -0.4 is 10.6 Å². The Morgan fingerprint density at radius 1 is 1.17 bits per heavy atom. The van der Waals surface area contributed by atoms with Gasteiger partial charge in [0.1, 0.15) is 5.54 Å². The van der Waals surface area contributed by atoms with Crippen molar-refractivity contribution in [2.45, 2.75) is 51.0 Å². The summed E-state index contributed by atoms with van der Waals surface area (Å²) < 4.78 is 5.09. The summed E-state index contributed by atoms with van der Waals surface area (Å²) in [5.74, 6) is -0.947. The molecule has 0 radical (unpaired) electrons. The first kappa shape index (κ1) is 26.6. The number of hydrogen-bond donors (Lipinski definition) is 1. The highest BCUT2D eigenvalue weighted by Gasteiger charge is 2.43. The minimum atomic E-state index is -1.00. The summed E-state index contributed by atoms with van der Waals surface area (Å²) in [5, 5.41) is 0. The first-order valence-corrected chi connectivity index (χ1v) is 10.4. The minimum Gasteiger partial charge on any atom is -0.392 e. The van der Waals surface area contributed by atoms with Crippen LogP contribution in [0.4, 0.5) is 5.69 Å². The zero-order valence-corrected chi connectivity index (χ0v) is 19.3. The predicted octanol–water partition coefficient (Wildman–Crippen LogP) is 2.80. The van der Waals surface area contributed by atoms with Gasteiger partial charge in [0.05, 0.1) is 0 Å². The number of nitrogens with two attached hydrogens (primary N) is 1. The highest BCUT2D eigenvalue weighted by atomic mass is 35.5. The second-order valence-corrected chi connectivity index (χ2v) is 8.09. The summed E-state index contributed by atoms with van der Waals surface area (Å²) >= 11 is 0. The molecule has 7 nitrogen and oxygen atoms in total. The molecule has 0 spiro atoms. The molecule has 30 heavy (non-hydrogen) atoms. The van der Waals surface area contributed by atoms with Gasteiger partial charge < -0.3 is 15.4 Å². The number of nitrogens with zero attached hydrogens (tertiary/aromatic N) is 3. The molecule has 0 bridgehead atoms. The lowest BCUT2D eigenvalue weighted by Gasteiger charge is -2.36. The topological polar surface area (TPSA) is 88.8 Å². The van der Waals surface area contributed by atoms with E-state index in [2.05, 4.69) is 14.8 Å². The molecule has 2 fully saturated rings. The number of ether oxygens (including phenoxy) is 1. The number of rotatable bonds is 6. The normalized spacial score (nSPS) is 24.3. The molecule has 1 aliphatic carbocycles. The van der Waals surface area contributed by atoms with Crippen molar-refractivity contribution in [1.29, 1.82) is 0 Å². The van der Waals surface area contributed by atoms with E-state index in [0.717, 1.165) is 52.0 Å². The Balaban J connectivity index is 0.00000225. The summed E-state index contributed by atoms with van der Waals surface area (Å²) in [6.07, 6.45) is 8.07. The highest BCUT2D eigenvalue weighted by molar-refractivity contribution is 5.91. The largest absolute Gasteiger partial charge is 0.392 e. The van der Waals surface area contributed by atoms with E-state index in [1.807, 2.05) is 31.5 Å². The van der Waals surface area contributed by atoms with E-state index in [1.54, 1.807) is 0 Å². The van der Waals surface area contributed by atoms with Crippen molar-refractivity contribution in [3.05, 3.63) is 24.5 Å². The van der Waals surface area contributed by atoms with Gasteiger partial charge in [0.15, 0.2) is 0 Å². The molecule has 2 unspecified atom stereocenters. The van der Waals surface area contributed by atoms with Crippen LogP contribution in [0.1, 0.15) is 45.4 Å². The Kier molecular flexibility index (Phi) is 11.0. The molecule has 9 heteroatoms. The Labute approximate surface area is 191 Å². The van der Waals surface area contributed by atoms with Crippen LogP contribution in [-0.4, -0.2) is 60.1 Å². The van der Waals surface area contributed by atoms with Crippen LogP contribution in [0.25, 0.3) is 0 Å². The molecule has 1 aromatic rings. The molecular weight excluding hydrogens is 427 g/mol. The molecule has 3 rings (SSSR count). The summed E-state index contributed by atoms with van der Waals surface area (Å²) in [7, 11) is 0. The second kappa shape index (κ2) is 12.4. The maximum Gasteiger partial charge on any atom is 0.334 e. The molecule has 1 aromatic heterocycles. The van der Waals surface area contributed by atoms with Gasteiger partial charge >= 0.3 is 11.9 Å². The number of anilines is 1. The number of pyridine rings is 1. The van der Waals surface area contributed by atoms with Gasteiger partial charge in [0, 0.05) is 50.7 Å². The lowest BCUT2D eigenvalue weighted by atomic mass is 9.74. The smallest absolute Gasteiger partial charge is 0.334 e. The third-order valence-corrected chi connectivity index (χ3v) is 6.20. The Morgan fingerprint density at radius 2 is 1.83 bits per heavy atom. The number of halogens is 2. The van der Waals surface area contributed by atoms with Gasteiger partial charge in [0.2, 0.25) is 0 Å². The fraction of sp³-hybridized carbons (Fsp3) is 0.667. The lowest BCUT2D eigenvalue weighted by Crippen LogP contribution is -2.56. The number of esters is 2. The molecular formula is C21H34Cl2N4O3. The van der Waals surface area contributed by atoms with Crippen molar-refractivity contribution in [3.8, 4) is 0 Å². The third-order valence-electron chi connectivity index (χ3n) is 6.20. The molecule has 170 valence electrons. The van der Waals surface area contributed by atoms with Crippen molar-refractivity contribution >= 4 is 42.4 Å². The predicted molar refractivity (Wildman–Crippen MR) is 122 cm³/mol. The van der Waals surface area contributed by atoms with Crippen LogP contribution in [0.3, 0.4) is 0 Å². The number of aromatic nitrogens is 1. The molecule has 2 atom stereocenters. The van der Waals surface area contributed by atoms with E-state index in [1.165, 1.54) is 5.69 Å². The third kappa shape index (κ3) is 6.80. The van der Waals surface area contributed by atoms with Gasteiger partial charge in [-0.25, -0.2) is 4.79 Å². The number of carbonyl (C=O) groups is 2. The Morgan fingerprint density at radius 3 is 2.47 bits per heavy atom. The molecule has 2 aliphatic rings. The fourth-order valence-electron chi connectivity index (χ4n) is 4.16. The molecule has 1 aliphatic heterocycles. The van der Waals surface area contributed by atoms with E-state index in [9.17, 15) is 9.59 Å². The summed E-state index contributed by atoms with van der Waals surface area (Å²) in [4.78, 5) is 33.2. The van der Waals surface area contributed by atoms with Gasteiger partial charge in [-0.1, -0.05) is 19.8 Å². The van der Waals surface area contributed by atoms with Gasteiger partial charge in [-0.15, -0.1) is 24.8 Å². The van der Waals surface area contributed by atoms with Crippen molar-refractivity contribution in [3.63, 3.8) is 0 Å². The van der Waals surface area contributed by atoms with Crippen LogP contribution in [0, 0.1) is 5.92 Å².